The molecule has 0 spiro atoms. The van der Waals surface area contributed by atoms with E-state index in [-0.39, 0.29) is 30.4 Å². The van der Waals surface area contributed by atoms with Gasteiger partial charge in [0.05, 0.1) is 5.69 Å². The number of likely N-dealkylation sites (N-methyl/N-ethyl adjacent to an activating group) is 1. The predicted octanol–water partition coefficient (Wildman–Crippen LogP) is 2.68. The number of hydrogen-bond donors (Lipinski definition) is 2. The number of aromatic nitrogens is 2. The van der Waals surface area contributed by atoms with E-state index in [1.54, 1.807) is 6.33 Å². The van der Waals surface area contributed by atoms with Gasteiger partial charge in [0.1, 0.15) is 12.1 Å². The number of rotatable bonds is 4. The molecule has 0 aromatic carbocycles. The second kappa shape index (κ2) is 9.76. The average molecular weight is 376 g/mol. The fraction of sp³-hybridized carbons (Fsp3) is 0.765. The number of fused-ring (bicyclic) bond motifs is 1. The molecule has 7 heteroatoms. The lowest BCUT2D eigenvalue weighted by molar-refractivity contribution is 0.113. The van der Waals surface area contributed by atoms with Crippen molar-refractivity contribution in [1.82, 2.24) is 20.2 Å². The first-order chi connectivity index (χ1) is 10.7. The van der Waals surface area contributed by atoms with Gasteiger partial charge < -0.3 is 15.5 Å². The third-order valence-corrected chi connectivity index (χ3v) is 5.44. The van der Waals surface area contributed by atoms with E-state index in [0.29, 0.717) is 0 Å². The molecule has 1 fully saturated rings. The number of nitrogens with one attached hydrogen (secondary N) is 2. The quantitative estimate of drug-likeness (QED) is 0.846. The standard InChI is InChI=1S/C17H29N5.2ClH/c1-22(2)17(8-4-3-5-9-17)12-19-16-14-6-10-18-11-7-15(14)20-13-21-16;;/h13,18H,3-12H2,1-2H3,(H,19,20,21);2*1H. The van der Waals surface area contributed by atoms with Gasteiger partial charge in [-0.05, 0) is 39.9 Å². The normalized spacial score (nSPS) is 19.5. The first kappa shape index (κ1) is 21.4. The lowest BCUT2D eigenvalue weighted by Gasteiger charge is -2.43. The number of halogens is 2. The van der Waals surface area contributed by atoms with Gasteiger partial charge in [-0.25, -0.2) is 9.97 Å². The van der Waals surface area contributed by atoms with E-state index in [2.05, 4.69) is 39.6 Å². The van der Waals surface area contributed by atoms with Gasteiger partial charge >= 0.3 is 0 Å². The van der Waals surface area contributed by atoms with E-state index >= 15 is 0 Å². The Morgan fingerprint density at radius 1 is 1.08 bits per heavy atom. The van der Waals surface area contributed by atoms with Gasteiger partial charge in [-0.2, -0.15) is 0 Å². The molecule has 2 heterocycles. The lowest BCUT2D eigenvalue weighted by Crippen LogP contribution is -2.51. The van der Waals surface area contributed by atoms with Crippen molar-refractivity contribution in [1.29, 1.82) is 0 Å². The van der Waals surface area contributed by atoms with Crippen LogP contribution in [0, 0.1) is 0 Å². The molecule has 0 amide bonds. The lowest BCUT2D eigenvalue weighted by atomic mass is 9.80. The van der Waals surface area contributed by atoms with Crippen LogP contribution < -0.4 is 10.6 Å². The highest BCUT2D eigenvalue weighted by atomic mass is 35.5. The van der Waals surface area contributed by atoms with Gasteiger partial charge in [0.2, 0.25) is 0 Å². The molecule has 1 aliphatic heterocycles. The third-order valence-electron chi connectivity index (χ3n) is 5.44. The van der Waals surface area contributed by atoms with Gasteiger partial charge in [0.25, 0.3) is 0 Å². The zero-order valence-corrected chi connectivity index (χ0v) is 16.4. The van der Waals surface area contributed by atoms with E-state index < -0.39 is 0 Å². The van der Waals surface area contributed by atoms with Gasteiger partial charge in [0.15, 0.2) is 0 Å². The maximum atomic E-state index is 4.54. The zero-order valence-electron chi connectivity index (χ0n) is 14.8. The molecular formula is C17H31Cl2N5. The number of anilines is 1. The van der Waals surface area contributed by atoms with Gasteiger partial charge in [-0.3, -0.25) is 0 Å². The Morgan fingerprint density at radius 3 is 2.50 bits per heavy atom. The fourth-order valence-electron chi connectivity index (χ4n) is 3.86. The minimum absolute atomic E-state index is 0. The van der Waals surface area contributed by atoms with Crippen molar-refractivity contribution in [2.75, 3.05) is 39.0 Å². The van der Waals surface area contributed by atoms with E-state index in [1.165, 1.54) is 43.4 Å². The van der Waals surface area contributed by atoms with Gasteiger partial charge in [0, 0.05) is 30.6 Å². The molecule has 1 saturated carbocycles. The molecule has 2 aliphatic rings. The third kappa shape index (κ3) is 4.72. The summed E-state index contributed by atoms with van der Waals surface area (Å²) < 4.78 is 0. The summed E-state index contributed by atoms with van der Waals surface area (Å²) in [7, 11) is 4.44. The van der Waals surface area contributed by atoms with E-state index in [9.17, 15) is 0 Å². The van der Waals surface area contributed by atoms with Crippen LogP contribution in [0.2, 0.25) is 0 Å². The Labute approximate surface area is 158 Å². The summed E-state index contributed by atoms with van der Waals surface area (Å²) in [5.41, 5.74) is 2.81. The molecule has 1 aromatic heterocycles. The minimum atomic E-state index is 0. The van der Waals surface area contributed by atoms with Crippen molar-refractivity contribution in [3.63, 3.8) is 0 Å². The molecule has 0 bridgehead atoms. The largest absolute Gasteiger partial charge is 0.368 e. The SMILES string of the molecule is CN(C)C1(CNc2ncnc3c2CCNCC3)CCCCC1.Cl.Cl. The van der Waals surface area contributed by atoms with Crippen molar-refractivity contribution in [2.24, 2.45) is 0 Å². The van der Waals surface area contributed by atoms with Crippen LogP contribution >= 0.6 is 24.8 Å². The van der Waals surface area contributed by atoms with Crippen molar-refractivity contribution >= 4 is 30.6 Å². The molecule has 3 rings (SSSR count). The molecule has 0 unspecified atom stereocenters. The average Bonchev–Trinajstić information content (AvgIpc) is 2.79. The van der Waals surface area contributed by atoms with Crippen LogP contribution in [-0.4, -0.2) is 54.1 Å². The van der Waals surface area contributed by atoms with Crippen LogP contribution in [-0.2, 0) is 12.8 Å². The highest BCUT2D eigenvalue weighted by Gasteiger charge is 2.34. The van der Waals surface area contributed by atoms with Crippen molar-refractivity contribution in [2.45, 2.75) is 50.5 Å². The molecule has 24 heavy (non-hydrogen) atoms. The van der Waals surface area contributed by atoms with Gasteiger partial charge in [-0.15, -0.1) is 24.8 Å². The molecule has 138 valence electrons. The highest BCUT2D eigenvalue weighted by Crippen LogP contribution is 2.32. The Balaban J connectivity index is 0.00000144. The molecule has 1 aromatic rings. The molecule has 5 nitrogen and oxygen atoms in total. The first-order valence-electron chi connectivity index (χ1n) is 8.66. The Morgan fingerprint density at radius 2 is 1.79 bits per heavy atom. The van der Waals surface area contributed by atoms with Crippen LogP contribution in [0.1, 0.15) is 43.4 Å². The smallest absolute Gasteiger partial charge is 0.132 e. The zero-order chi connectivity index (χ0) is 15.4. The number of hydrogen-bond acceptors (Lipinski definition) is 5. The van der Waals surface area contributed by atoms with Gasteiger partial charge in [-0.1, -0.05) is 19.3 Å². The van der Waals surface area contributed by atoms with Crippen LogP contribution in [0.15, 0.2) is 6.33 Å². The molecule has 0 saturated heterocycles. The summed E-state index contributed by atoms with van der Waals surface area (Å²) in [6.07, 6.45) is 10.4. The minimum Gasteiger partial charge on any atom is -0.368 e. The second-order valence-corrected chi connectivity index (χ2v) is 6.93. The Bertz CT molecular complexity index is 504. The fourth-order valence-corrected chi connectivity index (χ4v) is 3.86. The molecule has 1 aliphatic carbocycles. The number of nitrogens with zero attached hydrogens (tertiary/aromatic N) is 3. The summed E-state index contributed by atoms with van der Waals surface area (Å²) in [6, 6.07) is 0. The molecular weight excluding hydrogens is 345 g/mol. The van der Waals surface area contributed by atoms with Crippen molar-refractivity contribution in [3.05, 3.63) is 17.6 Å². The van der Waals surface area contributed by atoms with E-state index in [4.69, 9.17) is 0 Å². The molecule has 0 atom stereocenters. The van der Waals surface area contributed by atoms with Crippen LogP contribution in [0.25, 0.3) is 0 Å². The molecule has 0 radical (unpaired) electrons. The summed E-state index contributed by atoms with van der Waals surface area (Å²) >= 11 is 0. The summed E-state index contributed by atoms with van der Waals surface area (Å²) in [5.74, 6) is 1.06. The first-order valence-corrected chi connectivity index (χ1v) is 8.66. The van der Waals surface area contributed by atoms with E-state index in [1.807, 2.05) is 0 Å². The predicted molar refractivity (Wildman–Crippen MR) is 105 cm³/mol. The summed E-state index contributed by atoms with van der Waals surface area (Å²) in [4.78, 5) is 11.4. The van der Waals surface area contributed by atoms with Crippen molar-refractivity contribution in [3.8, 4) is 0 Å². The van der Waals surface area contributed by atoms with Crippen molar-refractivity contribution < 1.29 is 0 Å². The summed E-state index contributed by atoms with van der Waals surface area (Å²) in [5, 5.41) is 7.12. The second-order valence-electron chi connectivity index (χ2n) is 6.93. The van der Waals surface area contributed by atoms with Crippen LogP contribution in [0.4, 0.5) is 5.82 Å². The molecule has 2 N–H and O–H groups in total. The van der Waals surface area contributed by atoms with E-state index in [0.717, 1.165) is 38.3 Å². The van der Waals surface area contributed by atoms with Crippen LogP contribution in [0.5, 0.6) is 0 Å². The van der Waals surface area contributed by atoms with Crippen LogP contribution in [0.3, 0.4) is 0 Å². The monoisotopic (exact) mass is 375 g/mol. The Kier molecular flexibility index (Phi) is 8.71. The highest BCUT2D eigenvalue weighted by molar-refractivity contribution is 5.85. The maximum Gasteiger partial charge on any atom is 0.132 e. The topological polar surface area (TPSA) is 53.1 Å². The maximum absolute atomic E-state index is 4.54. The Hall–Kier alpha value is -0.620. The summed E-state index contributed by atoms with van der Waals surface area (Å²) in [6.45, 7) is 3.02.